The van der Waals surface area contributed by atoms with E-state index >= 15 is 0 Å². The Bertz CT molecular complexity index is 370. The van der Waals surface area contributed by atoms with Gasteiger partial charge < -0.3 is 0 Å². The molecule has 0 radical (unpaired) electrons. The highest BCUT2D eigenvalue weighted by atomic mass is 35.5. The van der Waals surface area contributed by atoms with Crippen molar-refractivity contribution in [1.82, 2.24) is 4.98 Å². The van der Waals surface area contributed by atoms with E-state index in [0.717, 1.165) is 5.02 Å². The van der Waals surface area contributed by atoms with Gasteiger partial charge in [-0.15, -0.1) is 0 Å². The molecule has 1 aromatic rings. The van der Waals surface area contributed by atoms with Gasteiger partial charge in [0.25, 0.3) is 0 Å². The Morgan fingerprint density at radius 2 is 2.17 bits per heavy atom. The maximum absolute atomic E-state index is 6.09. The van der Waals surface area contributed by atoms with Crippen LogP contribution in [0.5, 0.6) is 0 Å². The minimum absolute atomic E-state index is 0.545. The summed E-state index contributed by atoms with van der Waals surface area (Å²) in [5.41, 5.74) is 2.47. The maximum Gasteiger partial charge on any atom is 0.0525 e. The first-order chi connectivity index (χ1) is 5.86. The third-order valence-corrected chi connectivity index (χ3v) is 3.10. The standard InChI is InChI=1S/C10H8ClN/c11-8-3-4-12-10-7-2-1-6(5-7)9(8)10/h1-4,6-7H,5H2/t6-,7+/m0/s1. The summed E-state index contributed by atoms with van der Waals surface area (Å²) in [5, 5.41) is 0.886. The molecule has 1 aromatic heterocycles. The Balaban J connectivity index is 2.30. The van der Waals surface area contributed by atoms with Gasteiger partial charge in [0.1, 0.15) is 0 Å². The van der Waals surface area contributed by atoms with Crippen LogP contribution < -0.4 is 0 Å². The molecule has 1 heterocycles. The molecular formula is C10H8ClN. The minimum atomic E-state index is 0.545. The van der Waals surface area contributed by atoms with Gasteiger partial charge in [-0.2, -0.15) is 0 Å². The van der Waals surface area contributed by atoms with Crippen LogP contribution in [0.15, 0.2) is 24.4 Å². The van der Waals surface area contributed by atoms with Crippen molar-refractivity contribution in [3.63, 3.8) is 0 Å². The van der Waals surface area contributed by atoms with Gasteiger partial charge in [-0.25, -0.2) is 0 Å². The van der Waals surface area contributed by atoms with Crippen molar-refractivity contribution < 1.29 is 0 Å². The molecule has 0 saturated carbocycles. The molecule has 1 nitrogen and oxygen atoms in total. The first-order valence-corrected chi connectivity index (χ1v) is 4.56. The van der Waals surface area contributed by atoms with Crippen LogP contribution in [0.4, 0.5) is 0 Å². The Labute approximate surface area is 76.1 Å². The fraction of sp³-hybridized carbons (Fsp3) is 0.300. The molecule has 12 heavy (non-hydrogen) atoms. The van der Waals surface area contributed by atoms with Crippen LogP contribution in [0, 0.1) is 0 Å². The predicted octanol–water partition coefficient (Wildman–Crippen LogP) is 2.88. The van der Waals surface area contributed by atoms with Crippen LogP contribution in [0.2, 0.25) is 5.02 Å². The summed E-state index contributed by atoms with van der Waals surface area (Å²) < 4.78 is 0. The largest absolute Gasteiger partial charge is 0.260 e. The summed E-state index contributed by atoms with van der Waals surface area (Å²) in [7, 11) is 0. The molecule has 0 unspecified atom stereocenters. The van der Waals surface area contributed by atoms with Gasteiger partial charge in [-0.1, -0.05) is 23.8 Å². The van der Waals surface area contributed by atoms with Crippen LogP contribution >= 0.6 is 11.6 Å². The van der Waals surface area contributed by atoms with Crippen LogP contribution in [0.1, 0.15) is 29.5 Å². The topological polar surface area (TPSA) is 12.9 Å². The zero-order chi connectivity index (χ0) is 8.13. The molecule has 0 aromatic carbocycles. The number of halogens is 1. The van der Waals surface area contributed by atoms with Gasteiger partial charge in [0.15, 0.2) is 0 Å². The number of nitrogens with zero attached hydrogens (tertiary/aromatic N) is 1. The number of rotatable bonds is 0. The molecule has 0 spiro atoms. The first kappa shape index (κ1) is 6.67. The summed E-state index contributed by atoms with van der Waals surface area (Å²) >= 11 is 6.09. The monoisotopic (exact) mass is 177 g/mol. The van der Waals surface area contributed by atoms with Gasteiger partial charge in [0.2, 0.25) is 0 Å². The molecule has 0 N–H and O–H groups in total. The van der Waals surface area contributed by atoms with Gasteiger partial charge in [0.05, 0.1) is 5.69 Å². The van der Waals surface area contributed by atoms with E-state index in [0.29, 0.717) is 11.8 Å². The van der Waals surface area contributed by atoms with E-state index in [2.05, 4.69) is 17.1 Å². The van der Waals surface area contributed by atoms with Crippen molar-refractivity contribution in [2.24, 2.45) is 0 Å². The van der Waals surface area contributed by atoms with E-state index in [-0.39, 0.29) is 0 Å². The number of hydrogen-bond donors (Lipinski definition) is 0. The zero-order valence-electron chi connectivity index (χ0n) is 6.50. The highest BCUT2D eigenvalue weighted by molar-refractivity contribution is 6.31. The molecule has 0 amide bonds. The molecule has 0 fully saturated rings. The molecule has 2 bridgehead atoms. The number of hydrogen-bond acceptors (Lipinski definition) is 1. The lowest BCUT2D eigenvalue weighted by Gasteiger charge is -2.09. The van der Waals surface area contributed by atoms with Gasteiger partial charge >= 0.3 is 0 Å². The minimum Gasteiger partial charge on any atom is -0.260 e. The molecule has 3 rings (SSSR count). The normalized spacial score (nSPS) is 29.4. The van der Waals surface area contributed by atoms with Crippen LogP contribution in [0.25, 0.3) is 0 Å². The second-order valence-corrected chi connectivity index (χ2v) is 3.83. The number of pyridine rings is 1. The fourth-order valence-corrected chi connectivity index (χ4v) is 2.54. The van der Waals surface area contributed by atoms with Crippen LogP contribution in [0.3, 0.4) is 0 Å². The average molecular weight is 178 g/mol. The molecule has 2 heteroatoms. The SMILES string of the molecule is Clc1ccnc2c1[C@H]1C=C[C@@H]2C1. The molecule has 2 aliphatic rings. The average Bonchev–Trinajstić information content (AvgIpc) is 2.64. The Hall–Kier alpha value is -0.820. The smallest absolute Gasteiger partial charge is 0.0525 e. The van der Waals surface area contributed by atoms with Crippen molar-refractivity contribution in [2.45, 2.75) is 18.3 Å². The quantitative estimate of drug-likeness (QED) is 0.556. The number of allylic oxidation sites excluding steroid dienone is 2. The molecule has 0 saturated heterocycles. The van der Waals surface area contributed by atoms with Crippen LogP contribution in [-0.4, -0.2) is 4.98 Å². The second-order valence-electron chi connectivity index (χ2n) is 3.43. The van der Waals surface area contributed by atoms with Crippen molar-refractivity contribution >= 4 is 11.6 Å². The third-order valence-electron chi connectivity index (χ3n) is 2.77. The molecular weight excluding hydrogens is 170 g/mol. The van der Waals surface area contributed by atoms with E-state index in [1.807, 2.05) is 6.07 Å². The summed E-state index contributed by atoms with van der Waals surface area (Å²) in [6.45, 7) is 0. The lowest BCUT2D eigenvalue weighted by atomic mass is 10.0. The van der Waals surface area contributed by atoms with Gasteiger partial charge in [-0.05, 0) is 18.1 Å². The third kappa shape index (κ3) is 0.674. The van der Waals surface area contributed by atoms with Crippen molar-refractivity contribution in [3.05, 3.63) is 40.7 Å². The van der Waals surface area contributed by atoms with Crippen molar-refractivity contribution in [3.8, 4) is 0 Å². The summed E-state index contributed by atoms with van der Waals surface area (Å²) in [4.78, 5) is 4.37. The summed E-state index contributed by atoms with van der Waals surface area (Å²) in [5.74, 6) is 1.09. The molecule has 2 atom stereocenters. The Morgan fingerprint density at radius 3 is 3.00 bits per heavy atom. The number of aromatic nitrogens is 1. The van der Waals surface area contributed by atoms with E-state index < -0.39 is 0 Å². The highest BCUT2D eigenvalue weighted by Crippen LogP contribution is 2.49. The van der Waals surface area contributed by atoms with Crippen LogP contribution in [-0.2, 0) is 0 Å². The zero-order valence-corrected chi connectivity index (χ0v) is 7.25. The predicted molar refractivity (Wildman–Crippen MR) is 48.5 cm³/mol. The van der Waals surface area contributed by atoms with E-state index in [9.17, 15) is 0 Å². The second kappa shape index (κ2) is 2.11. The Morgan fingerprint density at radius 1 is 1.33 bits per heavy atom. The summed E-state index contributed by atoms with van der Waals surface area (Å²) in [6.07, 6.45) is 7.48. The first-order valence-electron chi connectivity index (χ1n) is 4.19. The van der Waals surface area contributed by atoms with Crippen molar-refractivity contribution in [2.75, 3.05) is 0 Å². The molecule has 2 aliphatic carbocycles. The van der Waals surface area contributed by atoms with E-state index in [1.54, 1.807) is 6.20 Å². The highest BCUT2D eigenvalue weighted by Gasteiger charge is 2.35. The van der Waals surface area contributed by atoms with Gasteiger partial charge in [-0.3, -0.25) is 4.98 Å². The lowest BCUT2D eigenvalue weighted by Crippen LogP contribution is -1.96. The summed E-state index contributed by atoms with van der Waals surface area (Å²) in [6, 6.07) is 1.88. The van der Waals surface area contributed by atoms with E-state index in [1.165, 1.54) is 17.7 Å². The van der Waals surface area contributed by atoms with E-state index in [4.69, 9.17) is 11.6 Å². The lowest BCUT2D eigenvalue weighted by molar-refractivity contribution is 0.795. The molecule has 60 valence electrons. The van der Waals surface area contributed by atoms with Crippen molar-refractivity contribution in [1.29, 1.82) is 0 Å². The maximum atomic E-state index is 6.09. The number of fused-ring (bicyclic) bond motifs is 5. The van der Waals surface area contributed by atoms with Gasteiger partial charge in [0, 0.05) is 23.1 Å². The Kier molecular flexibility index (Phi) is 1.17. The molecule has 0 aliphatic heterocycles. The fourth-order valence-electron chi connectivity index (χ4n) is 2.24.